The van der Waals surface area contributed by atoms with E-state index < -0.39 is 0 Å². The van der Waals surface area contributed by atoms with Crippen molar-refractivity contribution in [2.24, 2.45) is 0 Å². The second-order valence-electron chi connectivity index (χ2n) is 4.53. The quantitative estimate of drug-likeness (QED) is 0.765. The molecule has 0 N–H and O–H groups in total. The molecule has 0 amide bonds. The van der Waals surface area contributed by atoms with Crippen LogP contribution in [0.25, 0.3) is 11.0 Å². The number of alkyl halides is 1. The maximum atomic E-state index is 6.00. The summed E-state index contributed by atoms with van der Waals surface area (Å²) < 4.78 is 12.7. The zero-order chi connectivity index (χ0) is 13.8. The van der Waals surface area contributed by atoms with Crippen LogP contribution in [0, 0.1) is 6.92 Å². The van der Waals surface area contributed by atoms with Crippen molar-refractivity contribution in [3.05, 3.63) is 29.6 Å². The number of hydrogen-bond donors (Lipinski definition) is 0. The summed E-state index contributed by atoms with van der Waals surface area (Å²) >= 11 is 6.00. The number of ether oxygens (including phenoxy) is 2. The van der Waals surface area contributed by atoms with Crippen LogP contribution in [0.1, 0.15) is 11.4 Å². The van der Waals surface area contributed by atoms with Crippen LogP contribution >= 0.6 is 11.6 Å². The molecule has 1 heterocycles. The van der Waals surface area contributed by atoms with Gasteiger partial charge in [-0.1, -0.05) is 12.1 Å². The van der Waals surface area contributed by atoms with Crippen LogP contribution < -0.4 is 0 Å². The maximum Gasteiger partial charge on any atom is 0.124 e. The molecule has 0 radical (unpaired) electrons. The van der Waals surface area contributed by atoms with Crippen molar-refractivity contribution in [2.45, 2.75) is 25.5 Å². The highest BCUT2D eigenvalue weighted by atomic mass is 35.5. The molecule has 1 atom stereocenters. The number of benzene rings is 1. The molecular formula is C14H19ClN2O2. The van der Waals surface area contributed by atoms with Gasteiger partial charge in [-0.3, -0.25) is 0 Å². The molecule has 1 aromatic heterocycles. The lowest BCUT2D eigenvalue weighted by atomic mass is 10.2. The summed E-state index contributed by atoms with van der Waals surface area (Å²) in [5.74, 6) is 1.25. The van der Waals surface area contributed by atoms with Gasteiger partial charge in [-0.15, -0.1) is 11.6 Å². The van der Waals surface area contributed by atoms with Crippen molar-refractivity contribution in [1.82, 2.24) is 9.55 Å². The van der Waals surface area contributed by atoms with Crippen molar-refractivity contribution in [3.63, 3.8) is 0 Å². The molecule has 4 nitrogen and oxygen atoms in total. The summed E-state index contributed by atoms with van der Waals surface area (Å²) in [6.07, 6.45) is -0.0102. The number of aromatic nitrogens is 2. The zero-order valence-corrected chi connectivity index (χ0v) is 12.3. The van der Waals surface area contributed by atoms with E-state index >= 15 is 0 Å². The fourth-order valence-corrected chi connectivity index (χ4v) is 2.50. The summed E-state index contributed by atoms with van der Waals surface area (Å²) in [4.78, 5) is 4.57. The van der Waals surface area contributed by atoms with Crippen LogP contribution in [0.4, 0.5) is 0 Å². The van der Waals surface area contributed by atoms with E-state index in [9.17, 15) is 0 Å². The summed E-state index contributed by atoms with van der Waals surface area (Å²) in [5.41, 5.74) is 3.29. The van der Waals surface area contributed by atoms with Crippen LogP contribution in [0.5, 0.6) is 0 Å². The third-order valence-corrected chi connectivity index (χ3v) is 3.48. The van der Waals surface area contributed by atoms with Gasteiger partial charge in [0, 0.05) is 14.2 Å². The molecule has 1 unspecified atom stereocenters. The van der Waals surface area contributed by atoms with E-state index in [-0.39, 0.29) is 6.10 Å². The van der Waals surface area contributed by atoms with E-state index in [4.69, 9.17) is 21.1 Å². The lowest BCUT2D eigenvalue weighted by molar-refractivity contribution is 0.0186. The van der Waals surface area contributed by atoms with Gasteiger partial charge in [-0.25, -0.2) is 4.98 Å². The standard InChI is InChI=1S/C14H19ClN2O2/c1-10-5-4-6-12-14(10)17(13(7-15)16-12)8-11(19-3)9-18-2/h4-6,11H,7-9H2,1-3H3. The minimum Gasteiger partial charge on any atom is -0.382 e. The van der Waals surface area contributed by atoms with Crippen molar-refractivity contribution >= 4 is 22.6 Å². The summed E-state index contributed by atoms with van der Waals surface area (Å²) in [6, 6.07) is 6.10. The molecule has 0 spiro atoms. The van der Waals surface area contributed by atoms with Crippen molar-refractivity contribution in [3.8, 4) is 0 Å². The summed E-state index contributed by atoms with van der Waals surface area (Å²) in [5, 5.41) is 0. The Labute approximate surface area is 118 Å². The molecule has 0 aliphatic heterocycles. The number of rotatable bonds is 6. The van der Waals surface area contributed by atoms with Crippen molar-refractivity contribution in [1.29, 1.82) is 0 Å². The lowest BCUT2D eigenvalue weighted by Crippen LogP contribution is -2.24. The fraction of sp³-hybridized carbons (Fsp3) is 0.500. The molecule has 0 saturated carbocycles. The van der Waals surface area contributed by atoms with E-state index in [1.807, 2.05) is 12.1 Å². The predicted octanol–water partition coefficient (Wildman–Crippen LogP) is 2.74. The van der Waals surface area contributed by atoms with E-state index in [0.29, 0.717) is 19.0 Å². The number of methoxy groups -OCH3 is 2. The first-order chi connectivity index (χ1) is 9.21. The van der Waals surface area contributed by atoms with Crippen molar-refractivity contribution in [2.75, 3.05) is 20.8 Å². The number of halogens is 1. The normalized spacial score (nSPS) is 13.1. The molecule has 2 rings (SSSR count). The highest BCUT2D eigenvalue weighted by Gasteiger charge is 2.16. The Bertz CT molecular complexity index is 554. The molecule has 5 heteroatoms. The van der Waals surface area contributed by atoms with Crippen LogP contribution in [-0.2, 0) is 21.9 Å². The third kappa shape index (κ3) is 2.91. The fourth-order valence-electron chi connectivity index (χ4n) is 2.30. The van der Waals surface area contributed by atoms with Crippen molar-refractivity contribution < 1.29 is 9.47 Å². The Morgan fingerprint density at radius 3 is 2.79 bits per heavy atom. The van der Waals surface area contributed by atoms with Crippen LogP contribution in [-0.4, -0.2) is 36.5 Å². The minimum absolute atomic E-state index is 0.0102. The number of imidazole rings is 1. The van der Waals surface area contributed by atoms with E-state index in [0.717, 1.165) is 16.9 Å². The molecule has 0 aliphatic rings. The van der Waals surface area contributed by atoms with E-state index in [1.54, 1.807) is 14.2 Å². The smallest absolute Gasteiger partial charge is 0.124 e. The second kappa shape index (κ2) is 6.37. The average Bonchev–Trinajstić information content (AvgIpc) is 2.77. The number of para-hydroxylation sites is 1. The molecule has 1 aromatic carbocycles. The van der Waals surface area contributed by atoms with Gasteiger partial charge >= 0.3 is 0 Å². The zero-order valence-electron chi connectivity index (χ0n) is 11.5. The van der Waals surface area contributed by atoms with Gasteiger partial charge in [0.1, 0.15) is 5.82 Å². The third-order valence-electron chi connectivity index (χ3n) is 3.24. The topological polar surface area (TPSA) is 36.3 Å². The first-order valence-corrected chi connectivity index (χ1v) is 6.77. The highest BCUT2D eigenvalue weighted by Crippen LogP contribution is 2.22. The van der Waals surface area contributed by atoms with Gasteiger partial charge in [0.05, 0.1) is 36.2 Å². The van der Waals surface area contributed by atoms with Gasteiger partial charge in [0.25, 0.3) is 0 Å². The van der Waals surface area contributed by atoms with Gasteiger partial charge < -0.3 is 14.0 Å². The van der Waals surface area contributed by atoms with Gasteiger partial charge in [0.15, 0.2) is 0 Å². The molecule has 104 valence electrons. The lowest BCUT2D eigenvalue weighted by Gasteiger charge is -2.17. The molecular weight excluding hydrogens is 264 g/mol. The van der Waals surface area contributed by atoms with Gasteiger partial charge in [0.2, 0.25) is 0 Å². The Morgan fingerprint density at radius 1 is 1.37 bits per heavy atom. The number of fused-ring (bicyclic) bond motifs is 1. The predicted molar refractivity (Wildman–Crippen MR) is 76.7 cm³/mol. The molecule has 0 bridgehead atoms. The summed E-state index contributed by atoms with van der Waals surface area (Å²) in [7, 11) is 3.36. The van der Waals surface area contributed by atoms with Gasteiger partial charge in [-0.05, 0) is 18.6 Å². The van der Waals surface area contributed by atoms with E-state index in [2.05, 4.69) is 22.5 Å². The van der Waals surface area contributed by atoms with Crippen LogP contribution in [0.3, 0.4) is 0 Å². The molecule has 0 aliphatic carbocycles. The number of aryl methyl sites for hydroxylation is 1. The Balaban J connectivity index is 2.44. The molecule has 2 aromatic rings. The molecule has 19 heavy (non-hydrogen) atoms. The number of hydrogen-bond acceptors (Lipinski definition) is 3. The Hall–Kier alpha value is -1.10. The monoisotopic (exact) mass is 282 g/mol. The Kier molecular flexibility index (Phi) is 4.80. The minimum atomic E-state index is -0.0102. The Morgan fingerprint density at radius 2 is 2.16 bits per heavy atom. The highest BCUT2D eigenvalue weighted by molar-refractivity contribution is 6.16. The molecule has 0 saturated heterocycles. The van der Waals surface area contributed by atoms with Crippen LogP contribution in [0.15, 0.2) is 18.2 Å². The first kappa shape index (κ1) is 14.3. The van der Waals surface area contributed by atoms with Crippen LogP contribution in [0.2, 0.25) is 0 Å². The SMILES string of the molecule is COCC(Cn1c(CCl)nc2cccc(C)c21)OC. The van der Waals surface area contributed by atoms with E-state index in [1.165, 1.54) is 5.56 Å². The van der Waals surface area contributed by atoms with Gasteiger partial charge in [-0.2, -0.15) is 0 Å². The largest absolute Gasteiger partial charge is 0.382 e. The average molecular weight is 283 g/mol. The first-order valence-electron chi connectivity index (χ1n) is 6.23. The maximum absolute atomic E-state index is 6.00. The summed E-state index contributed by atoms with van der Waals surface area (Å²) in [6.45, 7) is 3.31. The second-order valence-corrected chi connectivity index (χ2v) is 4.80. The molecule has 0 fully saturated rings. The number of nitrogens with zero attached hydrogens (tertiary/aromatic N) is 2.